The van der Waals surface area contributed by atoms with E-state index in [0.29, 0.717) is 5.92 Å². The molecule has 4 aliphatic carbocycles. The number of rotatable bonds is 4. The van der Waals surface area contributed by atoms with Crippen LogP contribution < -0.4 is 0 Å². The minimum Gasteiger partial charge on any atom is -0.458 e. The topological polar surface area (TPSA) is 26.3 Å². The second-order valence-corrected chi connectivity index (χ2v) is 9.34. The fourth-order valence-corrected chi connectivity index (χ4v) is 6.76. The summed E-state index contributed by atoms with van der Waals surface area (Å²) in [5.74, 6) is 5.40. The molecule has 0 aromatic carbocycles. The van der Waals surface area contributed by atoms with Crippen molar-refractivity contribution in [1.29, 1.82) is 0 Å². The average Bonchev–Trinajstić information content (AvgIpc) is 3.24. The molecule has 0 aliphatic heterocycles. The summed E-state index contributed by atoms with van der Waals surface area (Å²) in [7, 11) is 0. The van der Waals surface area contributed by atoms with Gasteiger partial charge in [-0.1, -0.05) is 13.8 Å². The van der Waals surface area contributed by atoms with E-state index in [0.717, 1.165) is 48.9 Å². The summed E-state index contributed by atoms with van der Waals surface area (Å²) in [5, 5.41) is 0. The van der Waals surface area contributed by atoms with Crippen LogP contribution in [0.1, 0.15) is 72.6 Å². The molecule has 4 bridgehead atoms. The summed E-state index contributed by atoms with van der Waals surface area (Å²) in [6.45, 7) is 8.40. The Labute approximate surface area is 135 Å². The molecule has 7 unspecified atom stereocenters. The van der Waals surface area contributed by atoms with Crippen LogP contribution in [0.5, 0.6) is 0 Å². The zero-order valence-electron chi connectivity index (χ0n) is 14.7. The first kappa shape index (κ1) is 15.0. The highest BCUT2D eigenvalue weighted by Gasteiger charge is 2.67. The lowest BCUT2D eigenvalue weighted by Crippen LogP contribution is -2.49. The molecule has 0 N–H and O–H groups in total. The number of ether oxygens (including phenoxy) is 1. The Bertz CT molecular complexity index is 482. The first-order chi connectivity index (χ1) is 10.4. The third-order valence-corrected chi connectivity index (χ3v) is 8.23. The predicted molar refractivity (Wildman–Crippen MR) is 87.2 cm³/mol. The molecule has 0 heterocycles. The van der Waals surface area contributed by atoms with Crippen molar-refractivity contribution in [2.24, 2.45) is 40.9 Å². The number of fused-ring (bicyclic) bond motifs is 9. The van der Waals surface area contributed by atoms with E-state index in [1.165, 1.54) is 25.7 Å². The molecule has 4 saturated carbocycles. The van der Waals surface area contributed by atoms with E-state index in [2.05, 4.69) is 13.8 Å². The average molecular weight is 304 g/mol. The van der Waals surface area contributed by atoms with Crippen molar-refractivity contribution in [3.8, 4) is 0 Å². The van der Waals surface area contributed by atoms with E-state index in [4.69, 9.17) is 4.74 Å². The molecule has 2 heteroatoms. The summed E-state index contributed by atoms with van der Waals surface area (Å²) in [5.41, 5.74) is -0.460. The van der Waals surface area contributed by atoms with Crippen LogP contribution >= 0.6 is 0 Å². The van der Waals surface area contributed by atoms with Gasteiger partial charge in [0, 0.05) is 5.92 Å². The van der Waals surface area contributed by atoms with Crippen molar-refractivity contribution >= 4 is 5.97 Å². The quantitative estimate of drug-likeness (QED) is 0.550. The fourth-order valence-electron chi connectivity index (χ4n) is 6.76. The summed E-state index contributed by atoms with van der Waals surface area (Å²) >= 11 is 0. The smallest absolute Gasteiger partial charge is 0.312 e. The van der Waals surface area contributed by atoms with E-state index >= 15 is 0 Å². The molecule has 0 spiro atoms. The van der Waals surface area contributed by atoms with Crippen molar-refractivity contribution < 1.29 is 9.53 Å². The zero-order chi connectivity index (χ0) is 15.7. The largest absolute Gasteiger partial charge is 0.458 e. The monoisotopic (exact) mass is 304 g/mol. The van der Waals surface area contributed by atoms with Gasteiger partial charge in [0.15, 0.2) is 0 Å². The van der Waals surface area contributed by atoms with Crippen LogP contribution in [-0.4, -0.2) is 11.6 Å². The van der Waals surface area contributed by atoms with Gasteiger partial charge in [-0.15, -0.1) is 0 Å². The lowest BCUT2D eigenvalue weighted by Gasteiger charge is -2.46. The van der Waals surface area contributed by atoms with Gasteiger partial charge in [-0.2, -0.15) is 0 Å². The van der Waals surface area contributed by atoms with Crippen molar-refractivity contribution in [2.75, 3.05) is 0 Å². The molecule has 22 heavy (non-hydrogen) atoms. The Hall–Kier alpha value is -0.530. The van der Waals surface area contributed by atoms with E-state index in [1.807, 2.05) is 13.8 Å². The predicted octanol–water partition coefficient (Wildman–Crippen LogP) is 4.82. The first-order valence-corrected chi connectivity index (χ1v) is 9.65. The molecule has 124 valence electrons. The van der Waals surface area contributed by atoms with E-state index < -0.39 is 0 Å². The van der Waals surface area contributed by atoms with Gasteiger partial charge in [-0.3, -0.25) is 4.79 Å². The second kappa shape index (κ2) is 4.74. The van der Waals surface area contributed by atoms with Gasteiger partial charge in [0.25, 0.3) is 0 Å². The van der Waals surface area contributed by atoms with Crippen LogP contribution in [0.15, 0.2) is 0 Å². The minimum atomic E-state index is -0.335. The van der Waals surface area contributed by atoms with Gasteiger partial charge >= 0.3 is 5.97 Å². The number of esters is 1. The highest BCUT2D eigenvalue weighted by atomic mass is 16.6. The van der Waals surface area contributed by atoms with Crippen LogP contribution in [-0.2, 0) is 9.53 Å². The summed E-state index contributed by atoms with van der Waals surface area (Å²) in [6, 6.07) is 0. The van der Waals surface area contributed by atoms with Crippen LogP contribution in [0.4, 0.5) is 0 Å². The Balaban J connectivity index is 1.58. The molecule has 2 nitrogen and oxygen atoms in total. The number of carbonyl (C=O) groups is 1. The van der Waals surface area contributed by atoms with Crippen molar-refractivity contribution in [3.05, 3.63) is 0 Å². The summed E-state index contributed by atoms with van der Waals surface area (Å²) < 4.78 is 6.31. The van der Waals surface area contributed by atoms with E-state index in [9.17, 15) is 4.79 Å². The maximum atomic E-state index is 12.7. The molecule has 0 aromatic rings. The SMILES string of the molecule is CCC(C)(C)C(=O)OC1(CC)CC2CC1C1C3CCC(C3)C21. The summed E-state index contributed by atoms with van der Waals surface area (Å²) in [4.78, 5) is 12.7. The third kappa shape index (κ3) is 1.82. The van der Waals surface area contributed by atoms with Crippen LogP contribution in [0.3, 0.4) is 0 Å². The van der Waals surface area contributed by atoms with Gasteiger partial charge in [0.05, 0.1) is 5.41 Å². The van der Waals surface area contributed by atoms with Gasteiger partial charge < -0.3 is 4.74 Å². The number of hydrogen-bond acceptors (Lipinski definition) is 2. The fraction of sp³-hybridized carbons (Fsp3) is 0.950. The Morgan fingerprint density at radius 3 is 2.41 bits per heavy atom. The molecule has 7 atom stereocenters. The van der Waals surface area contributed by atoms with Gasteiger partial charge in [-0.05, 0) is 88.4 Å². The van der Waals surface area contributed by atoms with Gasteiger partial charge in [0.2, 0.25) is 0 Å². The molecular formula is C20H32O2. The second-order valence-electron chi connectivity index (χ2n) is 9.34. The molecule has 0 radical (unpaired) electrons. The Morgan fingerprint density at radius 2 is 1.77 bits per heavy atom. The molecule has 0 amide bonds. The van der Waals surface area contributed by atoms with Crippen molar-refractivity contribution in [2.45, 2.75) is 78.2 Å². The first-order valence-electron chi connectivity index (χ1n) is 9.65. The Morgan fingerprint density at radius 1 is 1.09 bits per heavy atom. The van der Waals surface area contributed by atoms with Crippen LogP contribution in [0, 0.1) is 40.9 Å². The van der Waals surface area contributed by atoms with Crippen LogP contribution in [0.2, 0.25) is 0 Å². The zero-order valence-corrected chi connectivity index (χ0v) is 14.7. The highest BCUT2D eigenvalue weighted by Crippen LogP contribution is 2.70. The van der Waals surface area contributed by atoms with Crippen LogP contribution in [0.25, 0.3) is 0 Å². The number of hydrogen-bond donors (Lipinski definition) is 0. The maximum absolute atomic E-state index is 12.7. The minimum absolute atomic E-state index is 0.0455. The Kier molecular flexibility index (Phi) is 3.24. The van der Waals surface area contributed by atoms with Gasteiger partial charge in [-0.25, -0.2) is 0 Å². The van der Waals surface area contributed by atoms with Gasteiger partial charge in [0.1, 0.15) is 5.60 Å². The lowest BCUT2D eigenvalue weighted by molar-refractivity contribution is -0.183. The van der Waals surface area contributed by atoms with E-state index in [1.54, 1.807) is 0 Å². The third-order valence-electron chi connectivity index (χ3n) is 8.23. The molecule has 4 aliphatic rings. The van der Waals surface area contributed by atoms with E-state index in [-0.39, 0.29) is 17.0 Å². The maximum Gasteiger partial charge on any atom is 0.312 e. The standard InChI is InChI=1S/C20H32O2/c1-5-19(3,4)18(21)22-20(6-2)11-14-10-15(20)17-13-8-7-12(9-13)16(14)17/h12-17H,5-11H2,1-4H3. The highest BCUT2D eigenvalue weighted by molar-refractivity contribution is 5.76. The van der Waals surface area contributed by atoms with Crippen molar-refractivity contribution in [3.63, 3.8) is 0 Å². The number of carbonyl (C=O) groups excluding carboxylic acids is 1. The molecule has 4 fully saturated rings. The molecule has 0 aromatic heterocycles. The molecular weight excluding hydrogens is 272 g/mol. The van der Waals surface area contributed by atoms with Crippen molar-refractivity contribution in [1.82, 2.24) is 0 Å². The molecule has 0 saturated heterocycles. The molecule has 4 rings (SSSR count). The normalized spacial score (nSPS) is 48.7. The summed E-state index contributed by atoms with van der Waals surface area (Å²) in [6.07, 6.45) is 8.79. The lowest BCUT2D eigenvalue weighted by atomic mass is 9.65.